The second kappa shape index (κ2) is 11.1. The summed E-state index contributed by atoms with van der Waals surface area (Å²) >= 11 is 0. The molecule has 0 aromatic heterocycles. The Labute approximate surface area is 122 Å². The number of hydrogen-bond acceptors (Lipinski definition) is 2. The molecule has 0 unspecified atom stereocenters. The normalized spacial score (nSPS) is 9.95. The summed E-state index contributed by atoms with van der Waals surface area (Å²) in [4.78, 5) is 11.6. The van der Waals surface area contributed by atoms with E-state index in [1.807, 2.05) is 18.2 Å². The standard InChI is InChI=1S/C18H24O2/c1-2-3-4-5-6-7-8-9-13-16-20-18(19)17-14-11-10-12-15-17/h1,10-12,14-15H,3-9,13,16H2. The molecule has 0 aliphatic carbocycles. The van der Waals surface area contributed by atoms with E-state index in [1.54, 1.807) is 12.1 Å². The first-order valence-corrected chi connectivity index (χ1v) is 7.50. The van der Waals surface area contributed by atoms with Crippen molar-refractivity contribution < 1.29 is 9.53 Å². The molecule has 2 nitrogen and oxygen atoms in total. The zero-order valence-corrected chi connectivity index (χ0v) is 12.1. The number of terminal acetylenes is 1. The van der Waals surface area contributed by atoms with Crippen LogP contribution in [0.5, 0.6) is 0 Å². The van der Waals surface area contributed by atoms with Crippen LogP contribution in [-0.2, 0) is 4.74 Å². The summed E-state index contributed by atoms with van der Waals surface area (Å²) in [5.41, 5.74) is 0.626. The second-order valence-electron chi connectivity index (χ2n) is 4.93. The molecule has 0 saturated carbocycles. The van der Waals surface area contributed by atoms with Gasteiger partial charge in [-0.2, -0.15) is 0 Å². The van der Waals surface area contributed by atoms with Gasteiger partial charge >= 0.3 is 5.97 Å². The fourth-order valence-corrected chi connectivity index (χ4v) is 2.04. The Balaban J connectivity index is 1.92. The largest absolute Gasteiger partial charge is 0.462 e. The molecule has 1 aromatic carbocycles. The highest BCUT2D eigenvalue weighted by atomic mass is 16.5. The van der Waals surface area contributed by atoms with Gasteiger partial charge in [0.15, 0.2) is 0 Å². The quantitative estimate of drug-likeness (QED) is 0.353. The minimum atomic E-state index is -0.222. The fourth-order valence-electron chi connectivity index (χ4n) is 2.04. The molecule has 0 fully saturated rings. The van der Waals surface area contributed by atoms with Gasteiger partial charge in [0, 0.05) is 6.42 Å². The van der Waals surface area contributed by atoms with Gasteiger partial charge < -0.3 is 4.74 Å². The third kappa shape index (κ3) is 7.63. The summed E-state index contributed by atoms with van der Waals surface area (Å²) in [5, 5.41) is 0. The average Bonchev–Trinajstić information content (AvgIpc) is 2.50. The van der Waals surface area contributed by atoms with E-state index in [2.05, 4.69) is 5.92 Å². The molecule has 0 N–H and O–H groups in total. The summed E-state index contributed by atoms with van der Waals surface area (Å²) < 4.78 is 5.23. The molecule has 0 aliphatic heterocycles. The van der Waals surface area contributed by atoms with Crippen molar-refractivity contribution in [2.75, 3.05) is 6.61 Å². The summed E-state index contributed by atoms with van der Waals surface area (Å²) in [6.45, 7) is 0.519. The maximum absolute atomic E-state index is 11.6. The number of hydrogen-bond donors (Lipinski definition) is 0. The highest BCUT2D eigenvalue weighted by Gasteiger charge is 2.04. The Morgan fingerprint density at radius 1 is 0.950 bits per heavy atom. The van der Waals surface area contributed by atoms with E-state index >= 15 is 0 Å². The molecule has 0 atom stereocenters. The molecule has 0 heterocycles. The first-order valence-electron chi connectivity index (χ1n) is 7.50. The van der Waals surface area contributed by atoms with Crippen molar-refractivity contribution in [1.29, 1.82) is 0 Å². The molecule has 0 radical (unpaired) electrons. The number of ether oxygens (including phenoxy) is 1. The van der Waals surface area contributed by atoms with Crippen LogP contribution >= 0.6 is 0 Å². The van der Waals surface area contributed by atoms with E-state index in [0.29, 0.717) is 12.2 Å². The molecule has 0 saturated heterocycles. The van der Waals surface area contributed by atoms with Crippen LogP contribution in [0.3, 0.4) is 0 Å². The van der Waals surface area contributed by atoms with E-state index < -0.39 is 0 Å². The maximum Gasteiger partial charge on any atom is 0.338 e. The monoisotopic (exact) mass is 272 g/mol. The molecule has 108 valence electrons. The third-order valence-electron chi connectivity index (χ3n) is 3.21. The number of rotatable bonds is 10. The van der Waals surface area contributed by atoms with Crippen LogP contribution in [0.4, 0.5) is 0 Å². The van der Waals surface area contributed by atoms with Gasteiger partial charge in [0.05, 0.1) is 12.2 Å². The smallest absolute Gasteiger partial charge is 0.338 e. The average molecular weight is 272 g/mol. The Bertz CT molecular complexity index is 403. The van der Waals surface area contributed by atoms with E-state index in [-0.39, 0.29) is 5.97 Å². The second-order valence-corrected chi connectivity index (χ2v) is 4.93. The predicted octanol–water partition coefficient (Wildman–Crippen LogP) is 4.60. The van der Waals surface area contributed by atoms with Crippen LogP contribution < -0.4 is 0 Å². The Kier molecular flexibility index (Phi) is 9.06. The van der Waals surface area contributed by atoms with Gasteiger partial charge in [0.25, 0.3) is 0 Å². The minimum Gasteiger partial charge on any atom is -0.462 e. The number of unbranched alkanes of at least 4 members (excludes halogenated alkanes) is 7. The van der Waals surface area contributed by atoms with Crippen molar-refractivity contribution in [3.8, 4) is 12.3 Å². The summed E-state index contributed by atoms with van der Waals surface area (Å²) in [5.74, 6) is 2.44. The van der Waals surface area contributed by atoms with E-state index in [9.17, 15) is 4.79 Å². The van der Waals surface area contributed by atoms with Crippen molar-refractivity contribution in [3.63, 3.8) is 0 Å². The van der Waals surface area contributed by atoms with Crippen LogP contribution in [0.2, 0.25) is 0 Å². The third-order valence-corrected chi connectivity index (χ3v) is 3.21. The van der Waals surface area contributed by atoms with Crippen LogP contribution in [0.1, 0.15) is 61.7 Å². The highest BCUT2D eigenvalue weighted by molar-refractivity contribution is 5.89. The molecule has 1 aromatic rings. The van der Waals surface area contributed by atoms with E-state index in [4.69, 9.17) is 11.2 Å². The van der Waals surface area contributed by atoms with Gasteiger partial charge in [-0.25, -0.2) is 4.79 Å². The molecule has 0 spiro atoms. The lowest BCUT2D eigenvalue weighted by Gasteiger charge is -2.04. The molecule has 0 aliphatic rings. The van der Waals surface area contributed by atoms with Gasteiger partial charge in [0.1, 0.15) is 0 Å². The van der Waals surface area contributed by atoms with Crippen molar-refractivity contribution in [2.24, 2.45) is 0 Å². The summed E-state index contributed by atoms with van der Waals surface area (Å²) in [6.07, 6.45) is 14.3. The van der Waals surface area contributed by atoms with Gasteiger partial charge in [0.2, 0.25) is 0 Å². The molecule has 1 rings (SSSR count). The zero-order valence-electron chi connectivity index (χ0n) is 12.1. The molecule has 2 heteroatoms. The molecule has 0 bridgehead atoms. The summed E-state index contributed by atoms with van der Waals surface area (Å²) in [7, 11) is 0. The Morgan fingerprint density at radius 3 is 2.20 bits per heavy atom. The van der Waals surface area contributed by atoms with Crippen molar-refractivity contribution in [3.05, 3.63) is 35.9 Å². The van der Waals surface area contributed by atoms with Crippen LogP contribution in [-0.4, -0.2) is 12.6 Å². The number of esters is 1. The lowest BCUT2D eigenvalue weighted by molar-refractivity contribution is 0.0497. The summed E-state index contributed by atoms with van der Waals surface area (Å²) in [6, 6.07) is 9.13. The molecular weight excluding hydrogens is 248 g/mol. The Morgan fingerprint density at radius 2 is 1.55 bits per heavy atom. The first-order chi connectivity index (χ1) is 9.84. The SMILES string of the molecule is C#CCCCCCCCCCOC(=O)c1ccccc1. The number of benzene rings is 1. The maximum atomic E-state index is 11.6. The van der Waals surface area contributed by atoms with E-state index in [1.165, 1.54) is 25.7 Å². The van der Waals surface area contributed by atoms with E-state index in [0.717, 1.165) is 25.7 Å². The molecule has 20 heavy (non-hydrogen) atoms. The van der Waals surface area contributed by atoms with Gasteiger partial charge in [-0.15, -0.1) is 12.3 Å². The van der Waals surface area contributed by atoms with Gasteiger partial charge in [-0.3, -0.25) is 0 Å². The van der Waals surface area contributed by atoms with Crippen LogP contribution in [0.15, 0.2) is 30.3 Å². The topological polar surface area (TPSA) is 26.3 Å². The lowest BCUT2D eigenvalue weighted by Crippen LogP contribution is -2.06. The Hall–Kier alpha value is -1.75. The van der Waals surface area contributed by atoms with Crippen molar-refractivity contribution >= 4 is 5.97 Å². The van der Waals surface area contributed by atoms with Crippen LogP contribution in [0, 0.1) is 12.3 Å². The molecular formula is C18H24O2. The van der Waals surface area contributed by atoms with Crippen molar-refractivity contribution in [1.82, 2.24) is 0 Å². The minimum absolute atomic E-state index is 0.222. The fraction of sp³-hybridized carbons (Fsp3) is 0.500. The number of carbonyl (C=O) groups is 1. The van der Waals surface area contributed by atoms with Crippen molar-refractivity contribution in [2.45, 2.75) is 51.4 Å². The highest BCUT2D eigenvalue weighted by Crippen LogP contribution is 2.09. The number of carbonyl (C=O) groups excluding carboxylic acids is 1. The van der Waals surface area contributed by atoms with Crippen LogP contribution in [0.25, 0.3) is 0 Å². The van der Waals surface area contributed by atoms with Gasteiger partial charge in [-0.1, -0.05) is 50.3 Å². The predicted molar refractivity (Wildman–Crippen MR) is 82.5 cm³/mol. The van der Waals surface area contributed by atoms with Gasteiger partial charge in [-0.05, 0) is 25.0 Å². The zero-order chi connectivity index (χ0) is 14.5. The first kappa shape index (κ1) is 16.3. The molecule has 0 amide bonds. The lowest BCUT2D eigenvalue weighted by atomic mass is 10.1.